The van der Waals surface area contributed by atoms with Crippen molar-refractivity contribution >= 4 is 34.5 Å². The monoisotopic (exact) mass is 351 g/mol. The Hall–Kier alpha value is -1.62. The van der Waals surface area contributed by atoms with Gasteiger partial charge in [0.15, 0.2) is 0 Å². The molecule has 1 aromatic carbocycles. The van der Waals surface area contributed by atoms with Crippen LogP contribution >= 0.6 is 11.6 Å². The Morgan fingerprint density at radius 2 is 2.08 bits per heavy atom. The molecular formula is C18H23ClFN3O. The van der Waals surface area contributed by atoms with Gasteiger partial charge in [-0.25, -0.2) is 9.37 Å². The summed E-state index contributed by atoms with van der Waals surface area (Å²) >= 11 is 5.97. The number of imidazole rings is 1. The number of rotatable bonds is 3. The molecule has 1 N–H and O–H groups in total. The van der Waals surface area contributed by atoms with Crippen molar-refractivity contribution in [1.82, 2.24) is 9.55 Å². The summed E-state index contributed by atoms with van der Waals surface area (Å²) < 4.78 is 15.8. The summed E-state index contributed by atoms with van der Waals surface area (Å²) in [6, 6.07) is 2.93. The molecule has 0 saturated heterocycles. The minimum atomic E-state index is -0.500. The minimum absolute atomic E-state index is 0.0686. The highest BCUT2D eigenvalue weighted by molar-refractivity contribution is 6.31. The van der Waals surface area contributed by atoms with Crippen LogP contribution in [0.3, 0.4) is 0 Å². The second kappa shape index (κ2) is 5.73. The molecular weight excluding hydrogens is 329 g/mol. The second-order valence-corrected chi connectivity index (χ2v) is 8.57. The highest BCUT2D eigenvalue weighted by Gasteiger charge is 2.37. The molecule has 130 valence electrons. The number of benzene rings is 1. The van der Waals surface area contributed by atoms with Crippen molar-refractivity contribution in [3.63, 3.8) is 0 Å². The van der Waals surface area contributed by atoms with E-state index in [0.717, 1.165) is 24.8 Å². The molecule has 1 aromatic heterocycles. The molecule has 4 nitrogen and oxygen atoms in total. The van der Waals surface area contributed by atoms with Gasteiger partial charge in [0.1, 0.15) is 5.82 Å². The number of amides is 1. The summed E-state index contributed by atoms with van der Waals surface area (Å²) in [6.07, 6.45) is 3.51. The van der Waals surface area contributed by atoms with E-state index in [0.29, 0.717) is 17.9 Å². The van der Waals surface area contributed by atoms with Crippen molar-refractivity contribution in [2.24, 2.45) is 5.41 Å². The summed E-state index contributed by atoms with van der Waals surface area (Å²) in [5, 5.41) is 2.99. The van der Waals surface area contributed by atoms with Crippen molar-refractivity contribution in [3.8, 4) is 0 Å². The molecule has 0 aliphatic heterocycles. The number of fused-ring (bicyclic) bond motifs is 1. The van der Waals surface area contributed by atoms with E-state index in [1.807, 2.05) is 25.3 Å². The Morgan fingerprint density at radius 1 is 1.42 bits per heavy atom. The van der Waals surface area contributed by atoms with Crippen molar-refractivity contribution in [2.75, 3.05) is 5.32 Å². The van der Waals surface area contributed by atoms with E-state index in [4.69, 9.17) is 11.6 Å². The van der Waals surface area contributed by atoms with Crippen LogP contribution in [0.4, 0.5) is 10.3 Å². The number of halogens is 2. The van der Waals surface area contributed by atoms with Crippen LogP contribution < -0.4 is 5.32 Å². The van der Waals surface area contributed by atoms with Crippen molar-refractivity contribution < 1.29 is 9.18 Å². The first-order valence-corrected chi connectivity index (χ1v) is 8.65. The van der Waals surface area contributed by atoms with E-state index in [9.17, 15) is 9.18 Å². The van der Waals surface area contributed by atoms with Gasteiger partial charge in [-0.15, -0.1) is 0 Å². The van der Waals surface area contributed by atoms with Gasteiger partial charge in [-0.2, -0.15) is 0 Å². The zero-order valence-corrected chi connectivity index (χ0v) is 15.3. The first-order chi connectivity index (χ1) is 11.1. The zero-order chi connectivity index (χ0) is 17.7. The van der Waals surface area contributed by atoms with Gasteiger partial charge in [-0.3, -0.25) is 10.1 Å². The van der Waals surface area contributed by atoms with E-state index in [-0.39, 0.29) is 21.9 Å². The number of carbonyl (C=O) groups is 1. The molecule has 0 unspecified atom stereocenters. The maximum Gasteiger partial charge on any atom is 0.227 e. The normalized spacial score (nSPS) is 16.9. The molecule has 1 saturated carbocycles. The van der Waals surface area contributed by atoms with Crippen LogP contribution in [-0.2, 0) is 10.3 Å². The number of nitrogens with one attached hydrogen (secondary N) is 1. The van der Waals surface area contributed by atoms with Gasteiger partial charge in [0.25, 0.3) is 0 Å². The third-order valence-electron chi connectivity index (χ3n) is 4.61. The zero-order valence-electron chi connectivity index (χ0n) is 14.5. The molecule has 0 bridgehead atoms. The molecule has 3 rings (SSSR count). The topological polar surface area (TPSA) is 46.9 Å². The molecule has 24 heavy (non-hydrogen) atoms. The van der Waals surface area contributed by atoms with Crippen LogP contribution in [-0.4, -0.2) is 15.5 Å². The predicted molar refractivity (Wildman–Crippen MR) is 94.9 cm³/mol. The lowest BCUT2D eigenvalue weighted by atomic mass is 9.78. The van der Waals surface area contributed by atoms with Crippen LogP contribution in [0.5, 0.6) is 0 Å². The predicted octanol–water partition coefficient (Wildman–Crippen LogP) is 5.10. The number of hydrogen-bond acceptors (Lipinski definition) is 2. The Bertz CT molecular complexity index is 803. The van der Waals surface area contributed by atoms with E-state index in [1.165, 1.54) is 6.07 Å². The van der Waals surface area contributed by atoms with Gasteiger partial charge in [0, 0.05) is 18.0 Å². The van der Waals surface area contributed by atoms with Crippen LogP contribution in [0.15, 0.2) is 12.1 Å². The van der Waals surface area contributed by atoms with E-state index in [2.05, 4.69) is 17.2 Å². The van der Waals surface area contributed by atoms with E-state index in [1.54, 1.807) is 6.07 Å². The Kier molecular flexibility index (Phi) is 4.11. The number of nitrogens with zero attached hydrogens (tertiary/aromatic N) is 2. The van der Waals surface area contributed by atoms with Crippen molar-refractivity contribution in [3.05, 3.63) is 23.0 Å². The molecule has 2 aromatic rings. The lowest BCUT2D eigenvalue weighted by molar-refractivity contribution is -0.117. The molecule has 6 heteroatoms. The van der Waals surface area contributed by atoms with E-state index < -0.39 is 5.82 Å². The molecule has 0 spiro atoms. The van der Waals surface area contributed by atoms with Crippen molar-refractivity contribution in [1.29, 1.82) is 0 Å². The summed E-state index contributed by atoms with van der Waals surface area (Å²) in [7, 11) is 0. The SMILES string of the molecule is CC(C)(C)CC(=O)Nc1nc2cc(F)c(Cl)cc2n1C1(C)CCC1. The average molecular weight is 352 g/mol. The first-order valence-electron chi connectivity index (χ1n) is 8.27. The summed E-state index contributed by atoms with van der Waals surface area (Å²) in [4.78, 5) is 16.8. The Labute approximate surface area is 146 Å². The van der Waals surface area contributed by atoms with Gasteiger partial charge in [-0.05, 0) is 37.7 Å². The number of hydrogen-bond donors (Lipinski definition) is 1. The fourth-order valence-corrected chi connectivity index (χ4v) is 3.42. The van der Waals surface area contributed by atoms with Gasteiger partial charge in [-0.1, -0.05) is 32.4 Å². The summed E-state index contributed by atoms with van der Waals surface area (Å²) in [6.45, 7) is 8.17. The van der Waals surface area contributed by atoms with E-state index >= 15 is 0 Å². The van der Waals surface area contributed by atoms with Gasteiger partial charge in [0.2, 0.25) is 11.9 Å². The molecule has 1 fully saturated rings. The Balaban J connectivity index is 2.06. The maximum absolute atomic E-state index is 13.8. The lowest BCUT2D eigenvalue weighted by Gasteiger charge is -2.41. The van der Waals surface area contributed by atoms with Crippen LogP contribution in [0.1, 0.15) is 53.4 Å². The molecule has 1 heterocycles. The molecule has 0 atom stereocenters. The first kappa shape index (κ1) is 17.2. The summed E-state index contributed by atoms with van der Waals surface area (Å²) in [5.41, 5.74) is 1.03. The summed E-state index contributed by atoms with van der Waals surface area (Å²) in [5.74, 6) is -0.114. The largest absolute Gasteiger partial charge is 0.304 e. The van der Waals surface area contributed by atoms with Gasteiger partial charge < -0.3 is 4.57 Å². The average Bonchev–Trinajstić information content (AvgIpc) is 2.71. The van der Waals surface area contributed by atoms with Gasteiger partial charge >= 0.3 is 0 Å². The number of aromatic nitrogens is 2. The highest BCUT2D eigenvalue weighted by atomic mass is 35.5. The highest BCUT2D eigenvalue weighted by Crippen LogP contribution is 2.43. The fourth-order valence-electron chi connectivity index (χ4n) is 3.27. The smallest absolute Gasteiger partial charge is 0.227 e. The molecule has 1 aliphatic carbocycles. The lowest BCUT2D eigenvalue weighted by Crippen LogP contribution is -2.38. The molecule has 0 radical (unpaired) electrons. The number of anilines is 1. The second-order valence-electron chi connectivity index (χ2n) is 8.16. The van der Waals surface area contributed by atoms with Crippen LogP contribution in [0.2, 0.25) is 5.02 Å². The molecule has 1 aliphatic rings. The molecule has 1 amide bonds. The van der Waals surface area contributed by atoms with Gasteiger partial charge in [0.05, 0.1) is 16.1 Å². The maximum atomic E-state index is 13.8. The Morgan fingerprint density at radius 3 is 2.62 bits per heavy atom. The standard InChI is InChI=1S/C18H23ClFN3O/c1-17(2,3)10-15(24)22-16-21-13-9-12(20)11(19)8-14(13)23(16)18(4)6-5-7-18/h8-9H,5-7,10H2,1-4H3,(H,21,22,24). The van der Waals surface area contributed by atoms with Crippen molar-refractivity contribution in [2.45, 2.75) is 58.9 Å². The van der Waals surface area contributed by atoms with Crippen LogP contribution in [0.25, 0.3) is 11.0 Å². The van der Waals surface area contributed by atoms with Crippen LogP contribution in [0, 0.1) is 11.2 Å². The third-order valence-corrected chi connectivity index (χ3v) is 4.90. The minimum Gasteiger partial charge on any atom is -0.304 e. The quantitative estimate of drug-likeness (QED) is 0.835. The third kappa shape index (κ3) is 3.14. The fraction of sp³-hybridized carbons (Fsp3) is 0.556. The number of carbonyl (C=O) groups excluding carboxylic acids is 1.